The minimum absolute atomic E-state index is 0.308. The number of rotatable bonds is 6. The Morgan fingerprint density at radius 3 is 2.70 bits per heavy atom. The number of unbranched alkanes of at least 4 members (excludes halogenated alkanes) is 1. The second kappa shape index (κ2) is 6.71. The fourth-order valence-corrected chi connectivity index (χ4v) is 1.84. The van der Waals surface area contributed by atoms with E-state index in [-0.39, 0.29) is 0 Å². The van der Waals surface area contributed by atoms with Crippen molar-refractivity contribution in [1.29, 1.82) is 5.26 Å². The number of hydrogen-bond donors (Lipinski definition) is 0. The maximum atomic E-state index is 9.07. The zero-order valence-corrected chi connectivity index (χ0v) is 11.8. The van der Waals surface area contributed by atoms with Gasteiger partial charge in [0.25, 0.3) is 0 Å². The summed E-state index contributed by atoms with van der Waals surface area (Å²) < 4.78 is 7.48. The first-order valence-electron chi connectivity index (χ1n) is 6.76. The summed E-state index contributed by atoms with van der Waals surface area (Å²) >= 11 is 0. The molecule has 104 valence electrons. The topological polar surface area (TPSA) is 63.7 Å². The van der Waals surface area contributed by atoms with Gasteiger partial charge in [0.1, 0.15) is 24.1 Å². The maximum absolute atomic E-state index is 9.07. The van der Waals surface area contributed by atoms with E-state index < -0.39 is 0 Å². The Morgan fingerprint density at radius 1 is 1.30 bits per heavy atom. The number of benzene rings is 1. The fourth-order valence-electron chi connectivity index (χ4n) is 1.84. The lowest BCUT2D eigenvalue weighted by Crippen LogP contribution is -2.09. The van der Waals surface area contributed by atoms with Crippen LogP contribution in [0.25, 0.3) is 0 Å². The van der Waals surface area contributed by atoms with Gasteiger partial charge in [0, 0.05) is 6.54 Å². The van der Waals surface area contributed by atoms with E-state index in [1.165, 1.54) is 5.56 Å². The summed E-state index contributed by atoms with van der Waals surface area (Å²) in [5, 5.41) is 17.0. The molecule has 0 radical (unpaired) electrons. The molecule has 0 spiro atoms. The van der Waals surface area contributed by atoms with Gasteiger partial charge in [-0.2, -0.15) is 5.26 Å². The van der Waals surface area contributed by atoms with Crippen molar-refractivity contribution in [3.63, 3.8) is 0 Å². The second-order valence-corrected chi connectivity index (χ2v) is 4.67. The van der Waals surface area contributed by atoms with Crippen LogP contribution in [0.4, 0.5) is 0 Å². The predicted molar refractivity (Wildman–Crippen MR) is 75.2 cm³/mol. The van der Waals surface area contributed by atoms with Crippen LogP contribution < -0.4 is 4.74 Å². The number of ether oxygens (including phenoxy) is 1. The van der Waals surface area contributed by atoms with Gasteiger partial charge in [-0.15, -0.1) is 5.10 Å². The molecule has 0 atom stereocenters. The molecule has 0 aliphatic rings. The minimum Gasteiger partial charge on any atom is -0.487 e. The number of hydrogen-bond acceptors (Lipinski definition) is 4. The zero-order valence-electron chi connectivity index (χ0n) is 11.8. The average Bonchev–Trinajstić information content (AvgIpc) is 2.86. The van der Waals surface area contributed by atoms with E-state index in [0.717, 1.165) is 30.8 Å². The Labute approximate surface area is 118 Å². The van der Waals surface area contributed by atoms with Crippen molar-refractivity contribution >= 4 is 0 Å². The molecule has 1 aromatic carbocycles. The summed E-state index contributed by atoms with van der Waals surface area (Å²) in [4.78, 5) is 0. The fraction of sp³-hybridized carbons (Fsp3) is 0.400. The van der Waals surface area contributed by atoms with Gasteiger partial charge in [-0.3, -0.25) is 0 Å². The summed E-state index contributed by atoms with van der Waals surface area (Å²) in [6.45, 7) is 5.21. The van der Waals surface area contributed by atoms with Crippen molar-refractivity contribution in [3.8, 4) is 11.8 Å². The van der Waals surface area contributed by atoms with Gasteiger partial charge in [0.15, 0.2) is 5.69 Å². The van der Waals surface area contributed by atoms with Crippen molar-refractivity contribution in [2.24, 2.45) is 0 Å². The average molecular weight is 270 g/mol. The van der Waals surface area contributed by atoms with Gasteiger partial charge in [-0.05, 0) is 25.5 Å². The van der Waals surface area contributed by atoms with Gasteiger partial charge >= 0.3 is 0 Å². The van der Waals surface area contributed by atoms with Crippen LogP contribution in [0.1, 0.15) is 36.7 Å². The quantitative estimate of drug-likeness (QED) is 0.809. The molecule has 20 heavy (non-hydrogen) atoms. The van der Waals surface area contributed by atoms with E-state index in [9.17, 15) is 0 Å². The lowest BCUT2D eigenvalue weighted by Gasteiger charge is -2.08. The Bertz CT molecular complexity index is 595. The van der Waals surface area contributed by atoms with Crippen LogP contribution in [-0.2, 0) is 13.2 Å². The van der Waals surface area contributed by atoms with E-state index in [2.05, 4.69) is 23.3 Å². The van der Waals surface area contributed by atoms with E-state index >= 15 is 0 Å². The maximum Gasteiger partial charge on any atom is 0.189 e. The van der Waals surface area contributed by atoms with Crippen LogP contribution in [-0.4, -0.2) is 15.0 Å². The Morgan fingerprint density at radius 2 is 2.05 bits per heavy atom. The molecule has 0 aliphatic carbocycles. The van der Waals surface area contributed by atoms with Crippen LogP contribution >= 0.6 is 0 Å². The molecule has 0 saturated carbocycles. The lowest BCUT2D eigenvalue weighted by atomic mass is 10.2. The minimum atomic E-state index is 0.308. The summed E-state index contributed by atoms with van der Waals surface area (Å²) in [7, 11) is 0. The van der Waals surface area contributed by atoms with Crippen LogP contribution in [0, 0.1) is 18.3 Å². The van der Waals surface area contributed by atoms with Crippen molar-refractivity contribution in [2.75, 3.05) is 0 Å². The van der Waals surface area contributed by atoms with Gasteiger partial charge in [0.2, 0.25) is 0 Å². The largest absolute Gasteiger partial charge is 0.487 e. The highest BCUT2D eigenvalue weighted by atomic mass is 16.5. The van der Waals surface area contributed by atoms with Crippen molar-refractivity contribution in [1.82, 2.24) is 15.0 Å². The summed E-state index contributed by atoms with van der Waals surface area (Å²) in [6.07, 6.45) is 2.08. The number of aryl methyl sites for hydroxylation is 2. The molecule has 0 unspecified atom stereocenters. The number of nitriles is 1. The molecule has 0 amide bonds. The molecule has 5 nitrogen and oxygen atoms in total. The van der Waals surface area contributed by atoms with E-state index in [1.807, 2.05) is 31.2 Å². The Balaban J connectivity index is 2.09. The van der Waals surface area contributed by atoms with Crippen LogP contribution in [0.2, 0.25) is 0 Å². The van der Waals surface area contributed by atoms with Gasteiger partial charge in [0.05, 0.1) is 0 Å². The number of aromatic nitrogens is 3. The zero-order chi connectivity index (χ0) is 14.4. The molecule has 5 heteroatoms. The third-order valence-corrected chi connectivity index (χ3v) is 3.06. The normalized spacial score (nSPS) is 10.2. The molecule has 0 aliphatic heterocycles. The number of nitrogens with zero attached hydrogens (tertiary/aromatic N) is 4. The monoisotopic (exact) mass is 270 g/mol. The van der Waals surface area contributed by atoms with E-state index in [1.54, 1.807) is 4.68 Å². The highest BCUT2D eigenvalue weighted by molar-refractivity contribution is 5.28. The molecule has 0 fully saturated rings. The Hall–Kier alpha value is -2.35. The summed E-state index contributed by atoms with van der Waals surface area (Å²) in [5.41, 5.74) is 2.26. The highest BCUT2D eigenvalue weighted by Gasteiger charge is 2.12. The summed E-state index contributed by atoms with van der Waals surface area (Å²) in [6, 6.07) is 9.89. The smallest absolute Gasteiger partial charge is 0.189 e. The first kappa shape index (κ1) is 14.1. The molecule has 2 aromatic rings. The highest BCUT2D eigenvalue weighted by Crippen LogP contribution is 2.15. The van der Waals surface area contributed by atoms with Crippen molar-refractivity contribution in [3.05, 3.63) is 41.2 Å². The molecule has 0 N–H and O–H groups in total. The molecular weight excluding hydrogens is 252 g/mol. The van der Waals surface area contributed by atoms with Crippen molar-refractivity contribution in [2.45, 2.75) is 39.8 Å². The van der Waals surface area contributed by atoms with E-state index in [0.29, 0.717) is 12.3 Å². The summed E-state index contributed by atoms with van der Waals surface area (Å²) in [5.74, 6) is 0.780. The first-order chi connectivity index (χ1) is 9.74. The molecule has 2 rings (SSSR count). The SMILES string of the molecule is CCCCn1nnc(C#N)c1COc1ccc(C)cc1. The lowest BCUT2D eigenvalue weighted by molar-refractivity contribution is 0.290. The molecule has 1 aromatic heterocycles. The van der Waals surface area contributed by atoms with Gasteiger partial charge < -0.3 is 4.74 Å². The van der Waals surface area contributed by atoms with Gasteiger partial charge in [-0.1, -0.05) is 36.3 Å². The second-order valence-electron chi connectivity index (χ2n) is 4.67. The third-order valence-electron chi connectivity index (χ3n) is 3.06. The molecular formula is C15H18N4O. The molecule has 1 heterocycles. The third kappa shape index (κ3) is 3.35. The standard InChI is InChI=1S/C15H18N4O/c1-3-4-9-19-15(14(10-16)17-18-19)11-20-13-7-5-12(2)6-8-13/h5-8H,3-4,9,11H2,1-2H3. The van der Waals surface area contributed by atoms with Crippen molar-refractivity contribution < 1.29 is 4.74 Å². The van der Waals surface area contributed by atoms with Crippen LogP contribution in [0.15, 0.2) is 24.3 Å². The van der Waals surface area contributed by atoms with Crippen LogP contribution in [0.5, 0.6) is 5.75 Å². The molecule has 0 saturated heterocycles. The van der Waals surface area contributed by atoms with Crippen LogP contribution in [0.3, 0.4) is 0 Å². The van der Waals surface area contributed by atoms with E-state index in [4.69, 9.17) is 10.00 Å². The predicted octanol–water partition coefficient (Wildman–Crippen LogP) is 2.84. The first-order valence-corrected chi connectivity index (χ1v) is 6.76. The van der Waals surface area contributed by atoms with Gasteiger partial charge in [-0.25, -0.2) is 4.68 Å². The Kier molecular flexibility index (Phi) is 4.72. The molecule has 0 bridgehead atoms.